The van der Waals surface area contributed by atoms with Crippen LogP contribution in [0.15, 0.2) is 48.5 Å². The molecule has 4 nitrogen and oxygen atoms in total. The number of nitrogens with one attached hydrogen (secondary N) is 1. The lowest BCUT2D eigenvalue weighted by Crippen LogP contribution is -2.48. The molecule has 1 aliphatic carbocycles. The predicted octanol–water partition coefficient (Wildman–Crippen LogP) is 5.69. The standard InChI is InChI=1S/C26H32Cl2N2O2/c1-18-3-9-21(10-4-18)25(26(32)29-23-13-5-19(2)6-14-23)30(24(31)17-27)16-15-20-7-11-22(28)12-8-20/h3-4,7-12,19,23,25H,5-6,13-17H2,1-2H3,(H,29,32)/t19?,23?,25-/m0/s1. The van der Waals surface area contributed by atoms with Crippen molar-refractivity contribution < 1.29 is 9.59 Å². The summed E-state index contributed by atoms with van der Waals surface area (Å²) in [4.78, 5) is 28.1. The zero-order chi connectivity index (χ0) is 23.1. The molecule has 0 heterocycles. The lowest BCUT2D eigenvalue weighted by Gasteiger charge is -2.34. The molecule has 1 saturated carbocycles. The zero-order valence-corrected chi connectivity index (χ0v) is 20.3. The van der Waals surface area contributed by atoms with Crippen LogP contribution >= 0.6 is 23.2 Å². The number of nitrogens with zero attached hydrogens (tertiary/aromatic N) is 1. The molecule has 0 aliphatic heterocycles. The van der Waals surface area contributed by atoms with Crippen LogP contribution in [0.1, 0.15) is 55.3 Å². The lowest BCUT2D eigenvalue weighted by molar-refractivity contribution is -0.139. The molecule has 6 heteroatoms. The van der Waals surface area contributed by atoms with Crippen LogP contribution in [0.5, 0.6) is 0 Å². The van der Waals surface area contributed by atoms with Gasteiger partial charge in [0.15, 0.2) is 0 Å². The molecular weight excluding hydrogens is 443 g/mol. The van der Waals surface area contributed by atoms with Crippen molar-refractivity contribution in [2.75, 3.05) is 12.4 Å². The molecule has 2 aromatic carbocycles. The Morgan fingerprint density at radius 1 is 1.03 bits per heavy atom. The van der Waals surface area contributed by atoms with E-state index in [-0.39, 0.29) is 23.7 Å². The fraction of sp³-hybridized carbons (Fsp3) is 0.462. The van der Waals surface area contributed by atoms with Crippen molar-refractivity contribution in [2.45, 2.75) is 58.0 Å². The topological polar surface area (TPSA) is 49.4 Å². The minimum atomic E-state index is -0.714. The van der Waals surface area contributed by atoms with Gasteiger partial charge in [0.25, 0.3) is 0 Å². The molecule has 0 unspecified atom stereocenters. The number of carbonyl (C=O) groups is 2. The first kappa shape index (κ1) is 24.6. The average molecular weight is 475 g/mol. The van der Waals surface area contributed by atoms with E-state index in [0.29, 0.717) is 23.9 Å². The number of alkyl halides is 1. The van der Waals surface area contributed by atoms with Gasteiger partial charge in [-0.1, -0.05) is 60.5 Å². The summed E-state index contributed by atoms with van der Waals surface area (Å²) >= 11 is 12.0. The summed E-state index contributed by atoms with van der Waals surface area (Å²) in [6.07, 6.45) is 4.78. The van der Waals surface area contributed by atoms with Gasteiger partial charge in [-0.15, -0.1) is 11.6 Å². The molecule has 1 N–H and O–H groups in total. The Hall–Kier alpha value is -2.04. The largest absolute Gasteiger partial charge is 0.351 e. The van der Waals surface area contributed by atoms with Gasteiger partial charge in [-0.2, -0.15) is 0 Å². The Bertz CT molecular complexity index is 891. The fourth-order valence-corrected chi connectivity index (χ4v) is 4.56. The Morgan fingerprint density at radius 2 is 1.66 bits per heavy atom. The maximum absolute atomic E-state index is 13.5. The second-order valence-electron chi connectivity index (χ2n) is 8.88. The van der Waals surface area contributed by atoms with E-state index in [1.54, 1.807) is 4.90 Å². The van der Waals surface area contributed by atoms with Crippen molar-refractivity contribution in [1.82, 2.24) is 10.2 Å². The Balaban J connectivity index is 1.84. The highest BCUT2D eigenvalue weighted by atomic mass is 35.5. The normalized spacial score (nSPS) is 19.2. The summed E-state index contributed by atoms with van der Waals surface area (Å²) in [5.41, 5.74) is 2.95. The summed E-state index contributed by atoms with van der Waals surface area (Å²) < 4.78 is 0. The van der Waals surface area contributed by atoms with Gasteiger partial charge < -0.3 is 10.2 Å². The molecule has 0 saturated heterocycles. The van der Waals surface area contributed by atoms with Gasteiger partial charge in [0.2, 0.25) is 11.8 Å². The van der Waals surface area contributed by atoms with Crippen LogP contribution in [0, 0.1) is 12.8 Å². The number of hydrogen-bond acceptors (Lipinski definition) is 2. The number of hydrogen-bond donors (Lipinski definition) is 1. The minimum Gasteiger partial charge on any atom is -0.351 e. The molecule has 0 spiro atoms. The van der Waals surface area contributed by atoms with Gasteiger partial charge in [0.1, 0.15) is 11.9 Å². The van der Waals surface area contributed by atoms with Crippen LogP contribution in [0.2, 0.25) is 5.02 Å². The third-order valence-corrected chi connectivity index (χ3v) is 6.79. The summed E-state index contributed by atoms with van der Waals surface area (Å²) in [6, 6.07) is 14.8. The van der Waals surface area contributed by atoms with Crippen LogP contribution in [-0.4, -0.2) is 35.2 Å². The van der Waals surface area contributed by atoms with Crippen LogP contribution in [-0.2, 0) is 16.0 Å². The van der Waals surface area contributed by atoms with Crippen molar-refractivity contribution in [3.63, 3.8) is 0 Å². The molecule has 1 aliphatic rings. The number of amides is 2. The summed E-state index contributed by atoms with van der Waals surface area (Å²) in [7, 11) is 0. The highest BCUT2D eigenvalue weighted by molar-refractivity contribution is 6.30. The first-order chi connectivity index (χ1) is 15.4. The van der Waals surface area contributed by atoms with E-state index < -0.39 is 6.04 Å². The Kier molecular flexibility index (Phi) is 9.01. The highest BCUT2D eigenvalue weighted by Crippen LogP contribution is 2.27. The number of aryl methyl sites for hydroxylation is 1. The number of benzene rings is 2. The quantitative estimate of drug-likeness (QED) is 0.499. The van der Waals surface area contributed by atoms with Crippen LogP contribution in [0.25, 0.3) is 0 Å². The van der Waals surface area contributed by atoms with E-state index in [1.165, 1.54) is 0 Å². The van der Waals surface area contributed by atoms with Crippen LogP contribution in [0.3, 0.4) is 0 Å². The van der Waals surface area contributed by atoms with E-state index in [4.69, 9.17) is 23.2 Å². The molecule has 2 amide bonds. The highest BCUT2D eigenvalue weighted by Gasteiger charge is 2.32. The SMILES string of the molecule is Cc1ccc([C@@H](C(=O)NC2CCC(C)CC2)N(CCc2ccc(Cl)cc2)C(=O)CCl)cc1. The molecule has 1 atom stereocenters. The molecule has 3 rings (SSSR count). The van der Waals surface area contributed by atoms with Gasteiger partial charge in [0, 0.05) is 17.6 Å². The van der Waals surface area contributed by atoms with Crippen molar-refractivity contribution in [2.24, 2.45) is 5.92 Å². The second-order valence-corrected chi connectivity index (χ2v) is 9.58. The summed E-state index contributed by atoms with van der Waals surface area (Å²) in [5, 5.41) is 3.89. The third-order valence-electron chi connectivity index (χ3n) is 6.30. The van der Waals surface area contributed by atoms with E-state index in [2.05, 4.69) is 12.2 Å². The number of halogens is 2. The molecule has 0 aromatic heterocycles. The maximum Gasteiger partial charge on any atom is 0.247 e. The summed E-state index contributed by atoms with van der Waals surface area (Å²) in [6.45, 7) is 4.65. The van der Waals surface area contributed by atoms with E-state index in [0.717, 1.165) is 42.4 Å². The molecule has 2 aromatic rings. The first-order valence-electron chi connectivity index (χ1n) is 11.3. The number of carbonyl (C=O) groups excluding carboxylic acids is 2. The molecule has 0 bridgehead atoms. The van der Waals surface area contributed by atoms with Gasteiger partial charge in [0.05, 0.1) is 0 Å². The second kappa shape index (κ2) is 11.7. The molecule has 0 radical (unpaired) electrons. The lowest BCUT2D eigenvalue weighted by atomic mass is 9.87. The fourth-order valence-electron chi connectivity index (χ4n) is 4.28. The Labute approximate surface area is 201 Å². The van der Waals surface area contributed by atoms with E-state index in [1.807, 2.05) is 55.5 Å². The predicted molar refractivity (Wildman–Crippen MR) is 131 cm³/mol. The van der Waals surface area contributed by atoms with Crippen LogP contribution in [0.4, 0.5) is 0 Å². The van der Waals surface area contributed by atoms with Gasteiger partial charge in [-0.25, -0.2) is 0 Å². The smallest absolute Gasteiger partial charge is 0.247 e. The molecular formula is C26H32Cl2N2O2. The zero-order valence-electron chi connectivity index (χ0n) is 18.8. The number of rotatable bonds is 8. The van der Waals surface area contributed by atoms with E-state index in [9.17, 15) is 9.59 Å². The van der Waals surface area contributed by atoms with Crippen molar-refractivity contribution in [3.05, 3.63) is 70.2 Å². The van der Waals surface area contributed by atoms with Crippen molar-refractivity contribution in [3.8, 4) is 0 Å². The maximum atomic E-state index is 13.5. The van der Waals surface area contributed by atoms with Crippen LogP contribution < -0.4 is 5.32 Å². The molecule has 1 fully saturated rings. The molecule has 32 heavy (non-hydrogen) atoms. The monoisotopic (exact) mass is 474 g/mol. The average Bonchev–Trinajstić information content (AvgIpc) is 2.79. The van der Waals surface area contributed by atoms with Gasteiger partial charge in [-0.05, 0) is 68.2 Å². The molecule has 172 valence electrons. The third kappa shape index (κ3) is 6.73. The Morgan fingerprint density at radius 3 is 2.25 bits per heavy atom. The summed E-state index contributed by atoms with van der Waals surface area (Å²) in [5.74, 6) is 0.142. The van der Waals surface area contributed by atoms with Crippen molar-refractivity contribution in [1.29, 1.82) is 0 Å². The van der Waals surface area contributed by atoms with Gasteiger partial charge in [-0.3, -0.25) is 9.59 Å². The van der Waals surface area contributed by atoms with E-state index >= 15 is 0 Å². The van der Waals surface area contributed by atoms with Gasteiger partial charge >= 0.3 is 0 Å². The minimum absolute atomic E-state index is 0.136. The van der Waals surface area contributed by atoms with Crippen molar-refractivity contribution >= 4 is 35.0 Å². The first-order valence-corrected chi connectivity index (χ1v) is 12.3.